The minimum Gasteiger partial charge on any atom is -0.396 e. The molecule has 3 nitrogen and oxygen atoms in total. The first-order valence-corrected chi connectivity index (χ1v) is 7.67. The normalized spacial score (nSPS) is 24.2. The van der Waals surface area contributed by atoms with Crippen LogP contribution in [0.3, 0.4) is 0 Å². The quantitative estimate of drug-likeness (QED) is 0.866. The summed E-state index contributed by atoms with van der Waals surface area (Å²) in [7, 11) is 0. The van der Waals surface area contributed by atoms with E-state index in [2.05, 4.69) is 43.0 Å². The maximum absolute atomic E-state index is 9.96. The van der Waals surface area contributed by atoms with E-state index >= 15 is 0 Å². The van der Waals surface area contributed by atoms with Crippen LogP contribution in [0.25, 0.3) is 0 Å². The number of benzene rings is 1. The molecular formula is C17H27NO2. The van der Waals surface area contributed by atoms with Crippen LogP contribution in [-0.4, -0.2) is 40.9 Å². The summed E-state index contributed by atoms with van der Waals surface area (Å²) in [4.78, 5) is 2.27. The molecule has 2 rings (SSSR count). The third kappa shape index (κ3) is 4.30. The summed E-state index contributed by atoms with van der Waals surface area (Å²) in [6.07, 6.45) is 1.61. The Bertz CT molecular complexity index is 402. The first kappa shape index (κ1) is 15.5. The highest BCUT2D eigenvalue weighted by atomic mass is 16.3. The lowest BCUT2D eigenvalue weighted by Crippen LogP contribution is -2.44. The Hall–Kier alpha value is -0.900. The van der Waals surface area contributed by atoms with Crippen molar-refractivity contribution in [2.45, 2.75) is 39.3 Å². The van der Waals surface area contributed by atoms with Gasteiger partial charge in [-0.25, -0.2) is 0 Å². The molecule has 0 aliphatic carbocycles. The van der Waals surface area contributed by atoms with Crippen LogP contribution in [0.1, 0.15) is 31.4 Å². The summed E-state index contributed by atoms with van der Waals surface area (Å²) >= 11 is 0. The van der Waals surface area contributed by atoms with Gasteiger partial charge in [0.05, 0.1) is 6.10 Å². The zero-order valence-corrected chi connectivity index (χ0v) is 12.6. The Labute approximate surface area is 122 Å². The maximum Gasteiger partial charge on any atom is 0.0717 e. The topological polar surface area (TPSA) is 43.7 Å². The van der Waals surface area contributed by atoms with E-state index in [0.717, 1.165) is 25.9 Å². The van der Waals surface area contributed by atoms with Crippen LogP contribution in [0.5, 0.6) is 0 Å². The van der Waals surface area contributed by atoms with Crippen molar-refractivity contribution in [1.29, 1.82) is 0 Å². The van der Waals surface area contributed by atoms with Crippen molar-refractivity contribution in [3.8, 4) is 0 Å². The number of likely N-dealkylation sites (tertiary alicyclic amines) is 1. The summed E-state index contributed by atoms with van der Waals surface area (Å²) < 4.78 is 0. The smallest absolute Gasteiger partial charge is 0.0717 e. The zero-order valence-electron chi connectivity index (χ0n) is 12.6. The van der Waals surface area contributed by atoms with Gasteiger partial charge in [-0.2, -0.15) is 0 Å². The number of hydrogen-bond acceptors (Lipinski definition) is 3. The summed E-state index contributed by atoms with van der Waals surface area (Å²) in [5.41, 5.74) is 2.69. The van der Waals surface area contributed by atoms with E-state index in [1.165, 1.54) is 11.1 Å². The summed E-state index contributed by atoms with van der Waals surface area (Å²) in [5, 5.41) is 19.1. The molecule has 112 valence electrons. The van der Waals surface area contributed by atoms with E-state index in [1.54, 1.807) is 0 Å². The molecule has 2 atom stereocenters. The molecule has 1 aromatic rings. The summed E-state index contributed by atoms with van der Waals surface area (Å²) in [6.45, 7) is 7.08. The molecule has 0 bridgehead atoms. The largest absolute Gasteiger partial charge is 0.396 e. The average molecular weight is 277 g/mol. The molecule has 3 heteroatoms. The van der Waals surface area contributed by atoms with Gasteiger partial charge in [-0.1, -0.05) is 38.1 Å². The third-order valence-electron chi connectivity index (χ3n) is 4.11. The molecule has 1 aliphatic rings. The predicted molar refractivity (Wildman–Crippen MR) is 81.5 cm³/mol. The van der Waals surface area contributed by atoms with Crippen LogP contribution in [-0.2, 0) is 13.0 Å². The van der Waals surface area contributed by atoms with E-state index < -0.39 is 6.10 Å². The van der Waals surface area contributed by atoms with Crippen molar-refractivity contribution < 1.29 is 10.2 Å². The van der Waals surface area contributed by atoms with Gasteiger partial charge < -0.3 is 10.2 Å². The number of hydrogen-bond donors (Lipinski definition) is 2. The summed E-state index contributed by atoms with van der Waals surface area (Å²) in [5.74, 6) is 0.744. The SMILES string of the molecule is CC(C)Cc1ccc(CN2CC[C@H](CO)[C@H](O)C2)cc1. The molecule has 1 aromatic carbocycles. The van der Waals surface area contributed by atoms with E-state index in [0.29, 0.717) is 12.5 Å². The van der Waals surface area contributed by atoms with Crippen molar-refractivity contribution in [3.63, 3.8) is 0 Å². The molecular weight excluding hydrogens is 250 g/mol. The van der Waals surface area contributed by atoms with Crippen molar-refractivity contribution >= 4 is 0 Å². The van der Waals surface area contributed by atoms with Crippen molar-refractivity contribution in [2.75, 3.05) is 19.7 Å². The van der Waals surface area contributed by atoms with Crippen LogP contribution in [0.4, 0.5) is 0 Å². The van der Waals surface area contributed by atoms with Crippen LogP contribution in [0.15, 0.2) is 24.3 Å². The van der Waals surface area contributed by atoms with Gasteiger partial charge in [0, 0.05) is 25.6 Å². The molecule has 0 saturated carbocycles. The molecule has 0 amide bonds. The van der Waals surface area contributed by atoms with Gasteiger partial charge in [0.15, 0.2) is 0 Å². The molecule has 0 radical (unpaired) electrons. The molecule has 20 heavy (non-hydrogen) atoms. The molecule has 0 aromatic heterocycles. The van der Waals surface area contributed by atoms with E-state index in [9.17, 15) is 5.11 Å². The predicted octanol–water partition coefficient (Wildman–Crippen LogP) is 2.06. The lowest BCUT2D eigenvalue weighted by Gasteiger charge is -2.35. The van der Waals surface area contributed by atoms with Gasteiger partial charge >= 0.3 is 0 Å². The van der Waals surface area contributed by atoms with Gasteiger partial charge in [-0.3, -0.25) is 4.90 Å². The molecule has 0 spiro atoms. The highest BCUT2D eigenvalue weighted by molar-refractivity contribution is 5.22. The highest BCUT2D eigenvalue weighted by Gasteiger charge is 2.26. The van der Waals surface area contributed by atoms with Gasteiger partial charge in [0.1, 0.15) is 0 Å². The van der Waals surface area contributed by atoms with E-state index in [1.807, 2.05) is 0 Å². The Morgan fingerprint density at radius 3 is 2.40 bits per heavy atom. The lowest BCUT2D eigenvalue weighted by atomic mass is 9.94. The fourth-order valence-electron chi connectivity index (χ4n) is 2.91. The second kappa shape index (κ2) is 7.21. The van der Waals surface area contributed by atoms with Crippen LogP contribution in [0.2, 0.25) is 0 Å². The molecule has 2 N–H and O–H groups in total. The second-order valence-electron chi connectivity index (χ2n) is 6.45. The van der Waals surface area contributed by atoms with Gasteiger partial charge in [-0.05, 0) is 36.4 Å². The lowest BCUT2D eigenvalue weighted by molar-refractivity contribution is -0.00444. The van der Waals surface area contributed by atoms with Crippen molar-refractivity contribution in [1.82, 2.24) is 4.90 Å². The minimum atomic E-state index is -0.394. The van der Waals surface area contributed by atoms with Crippen molar-refractivity contribution in [2.24, 2.45) is 11.8 Å². The minimum absolute atomic E-state index is 0.0552. The number of aliphatic hydroxyl groups excluding tert-OH is 2. The molecule has 1 heterocycles. The van der Waals surface area contributed by atoms with E-state index in [-0.39, 0.29) is 12.5 Å². The van der Waals surface area contributed by atoms with Crippen LogP contribution in [0, 0.1) is 11.8 Å². The Morgan fingerprint density at radius 2 is 1.85 bits per heavy atom. The first-order chi connectivity index (χ1) is 9.58. The van der Waals surface area contributed by atoms with Gasteiger partial charge in [-0.15, -0.1) is 0 Å². The van der Waals surface area contributed by atoms with Crippen LogP contribution < -0.4 is 0 Å². The number of piperidine rings is 1. The molecule has 0 unspecified atom stereocenters. The molecule has 1 saturated heterocycles. The fraction of sp³-hybridized carbons (Fsp3) is 0.647. The third-order valence-corrected chi connectivity index (χ3v) is 4.11. The Balaban J connectivity index is 1.87. The highest BCUT2D eigenvalue weighted by Crippen LogP contribution is 2.19. The van der Waals surface area contributed by atoms with Gasteiger partial charge in [0.2, 0.25) is 0 Å². The Kier molecular flexibility index (Phi) is 5.58. The number of aliphatic hydroxyl groups is 2. The maximum atomic E-state index is 9.96. The first-order valence-electron chi connectivity index (χ1n) is 7.67. The average Bonchev–Trinajstić information content (AvgIpc) is 2.41. The molecule has 1 fully saturated rings. The fourth-order valence-corrected chi connectivity index (χ4v) is 2.91. The van der Waals surface area contributed by atoms with Crippen molar-refractivity contribution in [3.05, 3.63) is 35.4 Å². The standard InChI is InChI=1S/C17H27NO2/c1-13(2)9-14-3-5-15(6-4-14)10-18-8-7-16(12-19)17(20)11-18/h3-6,13,16-17,19-20H,7-12H2,1-2H3/t16-,17-/m1/s1. The second-order valence-corrected chi connectivity index (χ2v) is 6.45. The van der Waals surface area contributed by atoms with E-state index in [4.69, 9.17) is 5.11 Å². The summed E-state index contributed by atoms with van der Waals surface area (Å²) in [6, 6.07) is 8.82. The number of nitrogens with zero attached hydrogens (tertiary/aromatic N) is 1. The molecule has 1 aliphatic heterocycles. The zero-order chi connectivity index (χ0) is 14.5. The number of rotatable bonds is 5. The van der Waals surface area contributed by atoms with Gasteiger partial charge in [0.25, 0.3) is 0 Å². The Morgan fingerprint density at radius 1 is 1.20 bits per heavy atom. The monoisotopic (exact) mass is 277 g/mol. The number of β-amino-alcohol motifs (C(OH)–C–C–N with tert-alkyl or cyclic N) is 1. The van der Waals surface area contributed by atoms with Crippen LogP contribution >= 0.6 is 0 Å².